The van der Waals surface area contributed by atoms with E-state index in [0.717, 1.165) is 19.4 Å². The van der Waals surface area contributed by atoms with Gasteiger partial charge in [0.1, 0.15) is 6.04 Å². The highest BCUT2D eigenvalue weighted by atomic mass is 16.5. The Morgan fingerprint density at radius 3 is 2.69 bits per heavy atom. The molecule has 0 radical (unpaired) electrons. The largest absolute Gasteiger partial charge is 0.468 e. The van der Waals surface area contributed by atoms with E-state index in [1.807, 2.05) is 0 Å². The first-order chi connectivity index (χ1) is 6.34. The van der Waals surface area contributed by atoms with Crippen LogP contribution in [-0.4, -0.2) is 25.7 Å². The summed E-state index contributed by atoms with van der Waals surface area (Å²) in [5.41, 5.74) is 0. The maximum atomic E-state index is 11.3. The fourth-order valence-electron chi connectivity index (χ4n) is 1.73. The molecule has 0 saturated carbocycles. The van der Waals surface area contributed by atoms with Crippen LogP contribution in [0.3, 0.4) is 0 Å². The number of esters is 1. The highest BCUT2D eigenvalue weighted by Gasteiger charge is 2.18. The summed E-state index contributed by atoms with van der Waals surface area (Å²) >= 11 is 0. The molecule has 1 rings (SSSR count). The quantitative estimate of drug-likeness (QED) is 0.629. The van der Waals surface area contributed by atoms with Gasteiger partial charge in [0.2, 0.25) is 0 Å². The zero-order chi connectivity index (χ0) is 9.52. The number of carbonyl (C=O) groups is 1. The molecule has 1 atom stereocenters. The highest BCUT2D eigenvalue weighted by Crippen LogP contribution is 2.10. The van der Waals surface area contributed by atoms with Gasteiger partial charge in [0.25, 0.3) is 0 Å². The summed E-state index contributed by atoms with van der Waals surface area (Å²) in [7, 11) is 1.46. The Kier molecular flexibility index (Phi) is 4.83. The lowest BCUT2D eigenvalue weighted by Gasteiger charge is -2.14. The van der Waals surface area contributed by atoms with Crippen molar-refractivity contribution in [2.45, 2.75) is 44.6 Å². The molecule has 0 aromatic heterocycles. The van der Waals surface area contributed by atoms with Crippen LogP contribution in [0.5, 0.6) is 0 Å². The lowest BCUT2D eigenvalue weighted by molar-refractivity contribution is -0.143. The Labute approximate surface area is 79.8 Å². The third-order valence-electron chi connectivity index (χ3n) is 2.55. The van der Waals surface area contributed by atoms with Gasteiger partial charge in [0, 0.05) is 0 Å². The van der Waals surface area contributed by atoms with Crippen molar-refractivity contribution >= 4 is 5.97 Å². The molecule has 0 spiro atoms. The van der Waals surface area contributed by atoms with E-state index in [1.165, 1.54) is 32.8 Å². The lowest BCUT2D eigenvalue weighted by Crippen LogP contribution is -2.37. The van der Waals surface area contributed by atoms with E-state index in [2.05, 4.69) is 5.32 Å². The Morgan fingerprint density at radius 2 is 1.92 bits per heavy atom. The van der Waals surface area contributed by atoms with Crippen LogP contribution >= 0.6 is 0 Å². The van der Waals surface area contributed by atoms with Crippen molar-refractivity contribution in [3.05, 3.63) is 0 Å². The number of methoxy groups -OCH3 is 1. The average molecular weight is 185 g/mol. The number of hydrogen-bond donors (Lipinski definition) is 1. The van der Waals surface area contributed by atoms with Gasteiger partial charge in [-0.05, 0) is 19.4 Å². The van der Waals surface area contributed by atoms with Crippen molar-refractivity contribution in [2.75, 3.05) is 13.7 Å². The number of ether oxygens (including phenoxy) is 1. The molecule has 0 amide bonds. The zero-order valence-corrected chi connectivity index (χ0v) is 8.34. The van der Waals surface area contributed by atoms with Crippen molar-refractivity contribution in [2.24, 2.45) is 0 Å². The molecule has 0 aliphatic carbocycles. The van der Waals surface area contributed by atoms with Crippen LogP contribution in [0.15, 0.2) is 0 Å². The summed E-state index contributed by atoms with van der Waals surface area (Å²) in [6.45, 7) is 0.944. The second-order valence-corrected chi connectivity index (χ2v) is 3.59. The fourth-order valence-corrected chi connectivity index (χ4v) is 1.73. The fraction of sp³-hybridized carbons (Fsp3) is 0.900. The first-order valence-corrected chi connectivity index (χ1v) is 5.16. The Balaban J connectivity index is 2.36. The number of carbonyl (C=O) groups excluding carboxylic acids is 1. The Hall–Kier alpha value is -0.570. The molecule has 1 fully saturated rings. The minimum atomic E-state index is -0.109. The van der Waals surface area contributed by atoms with E-state index >= 15 is 0 Å². The lowest BCUT2D eigenvalue weighted by atomic mass is 10.1. The summed E-state index contributed by atoms with van der Waals surface area (Å²) in [5, 5.41) is 3.24. The van der Waals surface area contributed by atoms with Gasteiger partial charge in [0.15, 0.2) is 0 Å². The van der Waals surface area contributed by atoms with Gasteiger partial charge in [-0.25, -0.2) is 0 Å². The molecule has 3 nitrogen and oxygen atoms in total. The smallest absolute Gasteiger partial charge is 0.322 e. The molecule has 1 saturated heterocycles. The van der Waals surface area contributed by atoms with Crippen LogP contribution in [0.1, 0.15) is 38.5 Å². The van der Waals surface area contributed by atoms with Crippen molar-refractivity contribution in [1.82, 2.24) is 5.32 Å². The number of hydrogen-bond acceptors (Lipinski definition) is 3. The van der Waals surface area contributed by atoms with Gasteiger partial charge in [-0.3, -0.25) is 4.79 Å². The van der Waals surface area contributed by atoms with Gasteiger partial charge in [-0.2, -0.15) is 0 Å². The molecular weight excluding hydrogens is 166 g/mol. The van der Waals surface area contributed by atoms with Crippen LogP contribution in [0.2, 0.25) is 0 Å². The molecule has 0 aromatic rings. The standard InChI is InChI=1S/C10H19NO2/c1-13-10(12)9-7-5-3-2-4-6-8-11-9/h9,11H,2-8H2,1H3. The number of rotatable bonds is 1. The van der Waals surface area contributed by atoms with Crippen molar-refractivity contribution < 1.29 is 9.53 Å². The molecule has 3 heteroatoms. The first kappa shape index (κ1) is 10.5. The number of nitrogens with one attached hydrogen (secondary N) is 1. The normalized spacial score (nSPS) is 25.5. The SMILES string of the molecule is COC(=O)C1CCCCCCCN1. The Morgan fingerprint density at radius 1 is 1.23 bits per heavy atom. The molecule has 13 heavy (non-hydrogen) atoms. The van der Waals surface area contributed by atoms with Gasteiger partial charge in [0.05, 0.1) is 7.11 Å². The average Bonchev–Trinajstić information content (AvgIpc) is 2.29. The summed E-state index contributed by atoms with van der Waals surface area (Å²) in [5.74, 6) is -0.109. The van der Waals surface area contributed by atoms with E-state index in [9.17, 15) is 4.79 Å². The molecular formula is C10H19NO2. The van der Waals surface area contributed by atoms with Crippen molar-refractivity contribution in [1.29, 1.82) is 0 Å². The molecule has 1 heterocycles. The van der Waals surface area contributed by atoms with E-state index in [4.69, 9.17) is 4.74 Å². The highest BCUT2D eigenvalue weighted by molar-refractivity contribution is 5.75. The molecule has 0 bridgehead atoms. The topological polar surface area (TPSA) is 38.3 Å². The van der Waals surface area contributed by atoms with Crippen LogP contribution in [-0.2, 0) is 9.53 Å². The third kappa shape index (κ3) is 3.77. The predicted octanol–water partition coefficient (Wildman–Crippen LogP) is 1.47. The molecule has 1 aliphatic heterocycles. The minimum absolute atomic E-state index is 0.0666. The second kappa shape index (κ2) is 5.97. The van der Waals surface area contributed by atoms with E-state index < -0.39 is 0 Å². The second-order valence-electron chi connectivity index (χ2n) is 3.59. The summed E-state index contributed by atoms with van der Waals surface area (Å²) < 4.78 is 4.73. The maximum absolute atomic E-state index is 11.3. The van der Waals surface area contributed by atoms with Crippen molar-refractivity contribution in [3.63, 3.8) is 0 Å². The van der Waals surface area contributed by atoms with Crippen LogP contribution < -0.4 is 5.32 Å². The molecule has 1 unspecified atom stereocenters. The predicted molar refractivity (Wildman–Crippen MR) is 51.5 cm³/mol. The molecule has 0 aromatic carbocycles. The summed E-state index contributed by atoms with van der Waals surface area (Å²) in [6.07, 6.45) is 7.05. The van der Waals surface area contributed by atoms with Crippen molar-refractivity contribution in [3.8, 4) is 0 Å². The third-order valence-corrected chi connectivity index (χ3v) is 2.55. The first-order valence-electron chi connectivity index (χ1n) is 5.16. The van der Waals surface area contributed by atoms with Gasteiger partial charge >= 0.3 is 5.97 Å². The molecule has 1 aliphatic rings. The van der Waals surface area contributed by atoms with E-state index in [1.54, 1.807) is 0 Å². The molecule has 1 N–H and O–H groups in total. The van der Waals surface area contributed by atoms with Gasteiger partial charge in [-0.15, -0.1) is 0 Å². The summed E-state index contributed by atoms with van der Waals surface area (Å²) in [6, 6.07) is -0.0666. The maximum Gasteiger partial charge on any atom is 0.322 e. The molecule has 76 valence electrons. The van der Waals surface area contributed by atoms with Gasteiger partial charge in [-0.1, -0.05) is 25.7 Å². The van der Waals surface area contributed by atoms with E-state index in [-0.39, 0.29) is 12.0 Å². The zero-order valence-electron chi connectivity index (χ0n) is 8.34. The Bertz CT molecular complexity index is 149. The van der Waals surface area contributed by atoms with Crippen LogP contribution in [0.25, 0.3) is 0 Å². The monoisotopic (exact) mass is 185 g/mol. The van der Waals surface area contributed by atoms with Gasteiger partial charge < -0.3 is 10.1 Å². The van der Waals surface area contributed by atoms with Crippen LogP contribution in [0.4, 0.5) is 0 Å². The van der Waals surface area contributed by atoms with E-state index in [0.29, 0.717) is 0 Å². The minimum Gasteiger partial charge on any atom is -0.468 e. The van der Waals surface area contributed by atoms with Crippen LogP contribution in [0, 0.1) is 0 Å². The summed E-state index contributed by atoms with van der Waals surface area (Å²) in [4.78, 5) is 11.3.